The lowest BCUT2D eigenvalue weighted by Crippen LogP contribution is -2.56. The molecule has 2 N–H and O–H groups in total. The van der Waals surface area contributed by atoms with Crippen LogP contribution in [0.3, 0.4) is 0 Å². The molecule has 3 heterocycles. The molecular formula is C26H34N2O7. The summed E-state index contributed by atoms with van der Waals surface area (Å²) in [5.41, 5.74) is -1.53. The monoisotopic (exact) mass is 486 g/mol. The van der Waals surface area contributed by atoms with Gasteiger partial charge in [0.2, 0.25) is 5.91 Å². The van der Waals surface area contributed by atoms with E-state index in [-0.39, 0.29) is 31.5 Å². The Balaban J connectivity index is 1.78. The van der Waals surface area contributed by atoms with Crippen LogP contribution in [0, 0.1) is 11.8 Å². The average Bonchev–Trinajstić information content (AvgIpc) is 3.46. The summed E-state index contributed by atoms with van der Waals surface area (Å²) in [6.07, 6.45) is 3.97. The molecule has 2 unspecified atom stereocenters. The van der Waals surface area contributed by atoms with E-state index < -0.39 is 35.0 Å². The van der Waals surface area contributed by atoms with Gasteiger partial charge >= 0.3 is 5.97 Å². The molecular weight excluding hydrogens is 452 g/mol. The maximum absolute atomic E-state index is 14.2. The summed E-state index contributed by atoms with van der Waals surface area (Å²) in [6, 6.07) is 6.08. The van der Waals surface area contributed by atoms with E-state index >= 15 is 0 Å². The lowest BCUT2D eigenvalue weighted by atomic mass is 9.65. The van der Waals surface area contributed by atoms with Crippen molar-refractivity contribution in [1.82, 2.24) is 4.90 Å². The fraction of sp³-hybridized carbons (Fsp3) is 0.577. The molecule has 0 aromatic heterocycles. The second-order valence-corrected chi connectivity index (χ2v) is 9.57. The molecule has 3 aliphatic heterocycles. The number of aliphatic hydroxyl groups is 1. The Morgan fingerprint density at radius 3 is 2.57 bits per heavy atom. The number of nitrogens with zero attached hydrogens (tertiary/aromatic N) is 2. The van der Waals surface area contributed by atoms with E-state index in [1.165, 1.54) is 4.90 Å². The van der Waals surface area contributed by atoms with Crippen molar-refractivity contribution in [3.63, 3.8) is 0 Å². The van der Waals surface area contributed by atoms with Crippen LogP contribution in [-0.4, -0.2) is 76.9 Å². The number of aliphatic carboxylic acids is 1. The van der Waals surface area contributed by atoms with Crippen LogP contribution in [0.5, 0.6) is 5.75 Å². The highest BCUT2D eigenvalue weighted by atomic mass is 16.5. The highest BCUT2D eigenvalue weighted by molar-refractivity contribution is 6.04. The number of anilines is 1. The number of unbranched alkanes of at least 4 members (excludes halogenated alkanes) is 1. The minimum atomic E-state index is -1.20. The van der Waals surface area contributed by atoms with Crippen molar-refractivity contribution in [2.24, 2.45) is 11.8 Å². The van der Waals surface area contributed by atoms with Gasteiger partial charge in [-0.05, 0) is 56.4 Å². The van der Waals surface area contributed by atoms with Crippen LogP contribution in [0.15, 0.2) is 36.9 Å². The second-order valence-electron chi connectivity index (χ2n) is 9.57. The van der Waals surface area contributed by atoms with Crippen LogP contribution >= 0.6 is 0 Å². The van der Waals surface area contributed by atoms with Crippen molar-refractivity contribution in [3.8, 4) is 5.75 Å². The van der Waals surface area contributed by atoms with E-state index in [2.05, 4.69) is 6.58 Å². The minimum absolute atomic E-state index is 0.0309. The number of likely N-dealkylation sites (tertiary alicyclic amines) is 1. The highest BCUT2D eigenvalue weighted by Gasteiger charge is 2.79. The second kappa shape index (κ2) is 9.62. The molecule has 1 spiro atoms. The Bertz CT molecular complexity index is 996. The maximum Gasteiger partial charge on any atom is 0.310 e. The first-order chi connectivity index (χ1) is 16.8. The highest BCUT2D eigenvalue weighted by Crippen LogP contribution is 2.64. The molecule has 1 aromatic carbocycles. The largest absolute Gasteiger partial charge is 0.497 e. The smallest absolute Gasteiger partial charge is 0.310 e. The van der Waals surface area contributed by atoms with Crippen molar-refractivity contribution in [1.29, 1.82) is 0 Å². The van der Waals surface area contributed by atoms with E-state index in [1.807, 2.05) is 6.92 Å². The number of methoxy groups -OCH3 is 1. The quantitative estimate of drug-likeness (QED) is 0.364. The molecule has 190 valence electrons. The number of benzene rings is 1. The summed E-state index contributed by atoms with van der Waals surface area (Å²) in [7, 11) is 1.56. The van der Waals surface area contributed by atoms with Crippen LogP contribution in [0.25, 0.3) is 0 Å². The van der Waals surface area contributed by atoms with Gasteiger partial charge in [-0.3, -0.25) is 14.4 Å². The molecule has 9 nitrogen and oxygen atoms in total. The normalized spacial score (nSPS) is 30.9. The van der Waals surface area contributed by atoms with Gasteiger partial charge in [0.1, 0.15) is 23.3 Å². The molecule has 3 saturated heterocycles. The molecule has 5 atom stereocenters. The number of carboxylic acids is 1. The predicted octanol–water partition coefficient (Wildman–Crippen LogP) is 2.23. The average molecular weight is 487 g/mol. The first kappa shape index (κ1) is 25.2. The Morgan fingerprint density at radius 2 is 2.00 bits per heavy atom. The maximum atomic E-state index is 14.2. The van der Waals surface area contributed by atoms with Gasteiger partial charge in [-0.15, -0.1) is 6.58 Å². The lowest BCUT2D eigenvalue weighted by molar-refractivity contribution is -0.155. The third-order valence-corrected chi connectivity index (χ3v) is 7.95. The number of carbonyl (C=O) groups is 3. The molecule has 35 heavy (non-hydrogen) atoms. The van der Waals surface area contributed by atoms with Crippen molar-refractivity contribution in [2.75, 3.05) is 31.7 Å². The lowest BCUT2D eigenvalue weighted by Gasteiger charge is -2.37. The van der Waals surface area contributed by atoms with Gasteiger partial charge in [-0.2, -0.15) is 0 Å². The fourth-order valence-corrected chi connectivity index (χ4v) is 6.37. The van der Waals surface area contributed by atoms with Crippen LogP contribution in [-0.2, 0) is 19.1 Å². The summed E-state index contributed by atoms with van der Waals surface area (Å²) < 4.78 is 11.8. The van der Waals surface area contributed by atoms with Gasteiger partial charge in [0, 0.05) is 25.4 Å². The van der Waals surface area contributed by atoms with Crippen LogP contribution in [0.1, 0.15) is 39.0 Å². The number of amides is 2. The van der Waals surface area contributed by atoms with Crippen LogP contribution in [0.4, 0.5) is 5.69 Å². The Morgan fingerprint density at radius 1 is 1.29 bits per heavy atom. The molecule has 1 aromatic rings. The number of ether oxygens (including phenoxy) is 2. The molecule has 0 aliphatic carbocycles. The van der Waals surface area contributed by atoms with E-state index in [4.69, 9.17) is 9.47 Å². The zero-order valence-electron chi connectivity index (χ0n) is 20.3. The molecule has 9 heteroatoms. The van der Waals surface area contributed by atoms with Gasteiger partial charge in [0.15, 0.2) is 0 Å². The van der Waals surface area contributed by atoms with Crippen LogP contribution < -0.4 is 9.64 Å². The molecule has 2 bridgehead atoms. The van der Waals surface area contributed by atoms with Gasteiger partial charge in [0.05, 0.1) is 18.6 Å². The van der Waals surface area contributed by atoms with Gasteiger partial charge in [0.25, 0.3) is 5.91 Å². The van der Waals surface area contributed by atoms with Crippen molar-refractivity contribution in [2.45, 2.75) is 56.3 Å². The van der Waals surface area contributed by atoms with Crippen molar-refractivity contribution >= 4 is 23.5 Å². The topological polar surface area (TPSA) is 117 Å². The van der Waals surface area contributed by atoms with Crippen LogP contribution in [0.2, 0.25) is 0 Å². The van der Waals surface area contributed by atoms with Gasteiger partial charge in [-0.1, -0.05) is 13.0 Å². The third kappa shape index (κ3) is 3.81. The number of carbonyl (C=O) groups excluding carboxylic acids is 2. The zero-order chi connectivity index (χ0) is 25.4. The zero-order valence-corrected chi connectivity index (χ0v) is 20.3. The van der Waals surface area contributed by atoms with E-state index in [9.17, 15) is 24.6 Å². The molecule has 4 rings (SSSR count). The van der Waals surface area contributed by atoms with E-state index in [1.54, 1.807) is 42.4 Å². The van der Waals surface area contributed by atoms with E-state index in [0.29, 0.717) is 43.5 Å². The first-order valence-corrected chi connectivity index (χ1v) is 12.2. The molecule has 2 amide bonds. The fourth-order valence-electron chi connectivity index (χ4n) is 6.37. The number of fused-ring (bicyclic) bond motifs is 1. The van der Waals surface area contributed by atoms with Gasteiger partial charge in [-0.25, -0.2) is 0 Å². The third-order valence-electron chi connectivity index (χ3n) is 7.95. The standard InChI is InChI=1S/C26H34N2O7/c1-4-14-27(17-8-10-18(34-3)11-9-17)23(31)21-26-13-12-25(5-2,35-26)20(24(32)33)19(26)22(30)28(21)15-6-7-16-29/h4,8-11,19-21,29H,1,5-7,12-16H2,2-3H3,(H,32,33)/t19-,20-,21?,25+,26?/m0/s1. The summed E-state index contributed by atoms with van der Waals surface area (Å²) in [6.45, 7) is 6.10. The number of aliphatic hydroxyl groups excluding tert-OH is 1. The molecule has 0 radical (unpaired) electrons. The SMILES string of the molecule is C=CCN(C(=O)C1N(CCCCO)C(=O)[C@@H]2[C@@H](C(=O)O)[C@@]3(CC)CCC12O3)c1ccc(OC)cc1. The number of hydrogen-bond acceptors (Lipinski definition) is 6. The summed E-state index contributed by atoms with van der Waals surface area (Å²) in [5, 5.41) is 19.4. The van der Waals surface area contributed by atoms with Crippen molar-refractivity contribution in [3.05, 3.63) is 36.9 Å². The Kier molecular flexibility index (Phi) is 6.92. The first-order valence-electron chi connectivity index (χ1n) is 12.2. The van der Waals surface area contributed by atoms with Gasteiger partial charge < -0.3 is 29.5 Å². The molecule has 3 aliphatic rings. The Hall–Kier alpha value is -2.91. The molecule has 0 saturated carbocycles. The summed E-state index contributed by atoms with van der Waals surface area (Å²) in [4.78, 5) is 43.5. The molecule has 3 fully saturated rings. The number of carboxylic acid groups (broad SMARTS) is 1. The predicted molar refractivity (Wildman–Crippen MR) is 128 cm³/mol. The number of hydrogen-bond donors (Lipinski definition) is 2. The number of rotatable bonds is 11. The van der Waals surface area contributed by atoms with Crippen molar-refractivity contribution < 1.29 is 34.1 Å². The van der Waals surface area contributed by atoms with E-state index in [0.717, 1.165) is 0 Å². The summed E-state index contributed by atoms with van der Waals surface area (Å²) >= 11 is 0. The minimum Gasteiger partial charge on any atom is -0.497 e. The summed E-state index contributed by atoms with van der Waals surface area (Å²) in [5.74, 6) is -3.01. The Labute approximate surface area is 205 Å².